The molecule has 5 rings (SSSR count). The number of aromatic nitrogens is 3. The first kappa shape index (κ1) is 18.3. The van der Waals surface area contributed by atoms with Crippen LogP contribution in [0.15, 0.2) is 12.5 Å². The average Bonchev–Trinajstić information content (AvgIpc) is 3.23. The van der Waals surface area contributed by atoms with Crippen molar-refractivity contribution in [3.63, 3.8) is 0 Å². The lowest BCUT2D eigenvalue weighted by Crippen LogP contribution is -2.41. The summed E-state index contributed by atoms with van der Waals surface area (Å²) in [6.45, 7) is 4.01. The minimum atomic E-state index is 0.101. The van der Waals surface area contributed by atoms with Gasteiger partial charge in [-0.3, -0.25) is 9.69 Å². The predicted molar refractivity (Wildman–Crippen MR) is 110 cm³/mol. The average molecular weight is 400 g/mol. The van der Waals surface area contributed by atoms with Crippen LogP contribution in [0.3, 0.4) is 0 Å². The van der Waals surface area contributed by atoms with E-state index in [1.54, 1.807) is 17.1 Å². The Morgan fingerprint density at radius 2 is 1.89 bits per heavy atom. The summed E-state index contributed by atoms with van der Waals surface area (Å²) in [5.74, 6) is 0.611. The van der Waals surface area contributed by atoms with Gasteiger partial charge in [0.05, 0.1) is 23.2 Å². The highest BCUT2D eigenvalue weighted by atomic mass is 32.1. The molecular weight excluding hydrogens is 370 g/mol. The van der Waals surface area contributed by atoms with Gasteiger partial charge in [0, 0.05) is 56.5 Å². The summed E-state index contributed by atoms with van der Waals surface area (Å²) >= 11 is 1.95. The second-order valence-corrected chi connectivity index (χ2v) is 9.61. The van der Waals surface area contributed by atoms with E-state index in [9.17, 15) is 4.79 Å². The van der Waals surface area contributed by atoms with Crippen molar-refractivity contribution >= 4 is 17.2 Å². The molecule has 2 fully saturated rings. The maximum absolute atomic E-state index is 12.7. The van der Waals surface area contributed by atoms with Crippen LogP contribution in [0.2, 0.25) is 0 Å². The zero-order chi connectivity index (χ0) is 19.1. The van der Waals surface area contributed by atoms with Crippen LogP contribution < -0.4 is 0 Å². The Hall–Kier alpha value is -1.73. The Bertz CT molecular complexity index is 821. The van der Waals surface area contributed by atoms with Gasteiger partial charge in [-0.25, -0.2) is 9.97 Å². The lowest BCUT2D eigenvalue weighted by atomic mass is 9.91. The van der Waals surface area contributed by atoms with Gasteiger partial charge in [0.15, 0.2) is 0 Å². The van der Waals surface area contributed by atoms with Gasteiger partial charge in [-0.1, -0.05) is 6.42 Å². The summed E-state index contributed by atoms with van der Waals surface area (Å²) in [6.07, 6.45) is 11.9. The third-order valence-electron chi connectivity index (χ3n) is 6.81. The summed E-state index contributed by atoms with van der Waals surface area (Å²) in [6, 6.07) is 0.842. The van der Waals surface area contributed by atoms with Crippen molar-refractivity contribution in [1.29, 1.82) is 0 Å². The van der Waals surface area contributed by atoms with Crippen LogP contribution in [0, 0.1) is 0 Å². The number of imidazole rings is 1. The van der Waals surface area contributed by atoms with E-state index in [2.05, 4.69) is 9.88 Å². The maximum Gasteiger partial charge on any atom is 0.272 e. The van der Waals surface area contributed by atoms with E-state index in [1.165, 1.54) is 54.4 Å². The van der Waals surface area contributed by atoms with Gasteiger partial charge >= 0.3 is 0 Å². The van der Waals surface area contributed by atoms with E-state index in [4.69, 9.17) is 4.98 Å². The molecule has 0 unspecified atom stereocenters. The standard InChI is InChI=1S/C21H29N5OS/c1-24-14-22-13-18(24)21(27)26-9-5-15(6-10-26)20-23-17-7-11-25(16-3-2-4-16)12-8-19(17)28-20/h13-16H,2-12H2,1H3. The molecule has 1 amide bonds. The molecule has 28 heavy (non-hydrogen) atoms. The van der Waals surface area contributed by atoms with Gasteiger partial charge in [-0.15, -0.1) is 11.3 Å². The number of rotatable bonds is 3. The van der Waals surface area contributed by atoms with E-state index < -0.39 is 0 Å². The molecule has 0 radical (unpaired) electrons. The molecule has 7 heteroatoms. The van der Waals surface area contributed by atoms with Crippen molar-refractivity contribution in [2.75, 3.05) is 26.2 Å². The molecule has 0 bridgehead atoms. The molecule has 1 aliphatic carbocycles. The number of hydrogen-bond acceptors (Lipinski definition) is 5. The van der Waals surface area contributed by atoms with Crippen molar-refractivity contribution in [2.24, 2.45) is 7.05 Å². The van der Waals surface area contributed by atoms with E-state index in [-0.39, 0.29) is 5.91 Å². The largest absolute Gasteiger partial charge is 0.337 e. The van der Waals surface area contributed by atoms with Crippen molar-refractivity contribution < 1.29 is 4.79 Å². The quantitative estimate of drug-likeness (QED) is 0.796. The molecule has 2 aliphatic heterocycles. The number of piperidine rings is 1. The van der Waals surface area contributed by atoms with Crippen molar-refractivity contribution in [3.05, 3.63) is 33.8 Å². The number of carbonyl (C=O) groups is 1. The Labute approximate surface area is 170 Å². The molecule has 0 spiro atoms. The Balaban J connectivity index is 1.20. The lowest BCUT2D eigenvalue weighted by molar-refractivity contribution is 0.0703. The zero-order valence-electron chi connectivity index (χ0n) is 16.6. The van der Waals surface area contributed by atoms with E-state index in [0.717, 1.165) is 38.4 Å². The smallest absolute Gasteiger partial charge is 0.272 e. The highest BCUT2D eigenvalue weighted by molar-refractivity contribution is 7.11. The molecule has 0 aromatic carbocycles. The normalized spacial score (nSPS) is 22.0. The maximum atomic E-state index is 12.7. The Morgan fingerprint density at radius 3 is 2.57 bits per heavy atom. The predicted octanol–water partition coefficient (Wildman–Crippen LogP) is 2.85. The van der Waals surface area contributed by atoms with E-state index in [1.807, 2.05) is 23.3 Å². The highest BCUT2D eigenvalue weighted by Crippen LogP contribution is 2.35. The molecule has 6 nitrogen and oxygen atoms in total. The topological polar surface area (TPSA) is 54.3 Å². The molecule has 0 N–H and O–H groups in total. The lowest BCUT2D eigenvalue weighted by Gasteiger charge is -2.36. The Kier molecular flexibility index (Phi) is 4.97. The SMILES string of the molecule is Cn1cncc1C(=O)N1CCC(c2nc3c(s2)CCN(C2CCC2)CC3)CC1. The van der Waals surface area contributed by atoms with Crippen molar-refractivity contribution in [3.8, 4) is 0 Å². The van der Waals surface area contributed by atoms with E-state index in [0.29, 0.717) is 11.6 Å². The van der Waals surface area contributed by atoms with Gasteiger partial charge in [-0.05, 0) is 32.1 Å². The first-order chi connectivity index (χ1) is 13.7. The molecule has 1 saturated heterocycles. The van der Waals surface area contributed by atoms with Gasteiger partial charge in [0.25, 0.3) is 5.91 Å². The van der Waals surface area contributed by atoms with Crippen molar-refractivity contribution in [2.45, 2.75) is 56.9 Å². The molecule has 3 aliphatic rings. The fourth-order valence-electron chi connectivity index (χ4n) is 4.75. The first-order valence-electron chi connectivity index (χ1n) is 10.7. The van der Waals surface area contributed by atoms with Crippen LogP contribution in [0.25, 0.3) is 0 Å². The fraction of sp³-hybridized carbons (Fsp3) is 0.667. The van der Waals surface area contributed by atoms with Crippen LogP contribution in [0.5, 0.6) is 0 Å². The summed E-state index contributed by atoms with van der Waals surface area (Å²) in [4.78, 5) is 28.0. The van der Waals surface area contributed by atoms with Gasteiger partial charge in [-0.2, -0.15) is 0 Å². The third kappa shape index (κ3) is 3.39. The highest BCUT2D eigenvalue weighted by Gasteiger charge is 2.30. The Morgan fingerprint density at radius 1 is 1.11 bits per heavy atom. The van der Waals surface area contributed by atoms with Gasteiger partial charge < -0.3 is 9.47 Å². The van der Waals surface area contributed by atoms with Crippen LogP contribution in [0.4, 0.5) is 0 Å². The van der Waals surface area contributed by atoms with Crippen LogP contribution in [0.1, 0.15) is 64.1 Å². The van der Waals surface area contributed by atoms with Crippen LogP contribution in [-0.4, -0.2) is 62.5 Å². The number of amides is 1. The zero-order valence-corrected chi connectivity index (χ0v) is 17.5. The van der Waals surface area contributed by atoms with E-state index >= 15 is 0 Å². The number of likely N-dealkylation sites (tertiary alicyclic amines) is 1. The monoisotopic (exact) mass is 399 g/mol. The van der Waals surface area contributed by atoms with Gasteiger partial charge in [0.2, 0.25) is 0 Å². The number of nitrogens with zero attached hydrogens (tertiary/aromatic N) is 5. The second kappa shape index (κ2) is 7.59. The number of aryl methyl sites for hydroxylation is 1. The van der Waals surface area contributed by atoms with Crippen LogP contribution in [-0.2, 0) is 19.9 Å². The van der Waals surface area contributed by atoms with Gasteiger partial charge in [0.1, 0.15) is 5.69 Å². The minimum Gasteiger partial charge on any atom is -0.337 e. The molecule has 0 atom stereocenters. The molecule has 2 aromatic heterocycles. The number of fused-ring (bicyclic) bond motifs is 1. The first-order valence-corrected chi connectivity index (χ1v) is 11.5. The number of carbonyl (C=O) groups excluding carboxylic acids is 1. The second-order valence-electron chi connectivity index (χ2n) is 8.50. The number of thiazole rings is 1. The summed E-state index contributed by atoms with van der Waals surface area (Å²) < 4.78 is 1.80. The third-order valence-corrected chi connectivity index (χ3v) is 8.13. The summed E-state index contributed by atoms with van der Waals surface area (Å²) in [7, 11) is 1.88. The minimum absolute atomic E-state index is 0.101. The molecule has 2 aromatic rings. The summed E-state index contributed by atoms with van der Waals surface area (Å²) in [5.41, 5.74) is 2.03. The molecular formula is C21H29N5OS. The molecule has 4 heterocycles. The summed E-state index contributed by atoms with van der Waals surface area (Å²) in [5, 5.41) is 1.31. The van der Waals surface area contributed by atoms with Crippen LogP contribution >= 0.6 is 11.3 Å². The molecule has 150 valence electrons. The van der Waals surface area contributed by atoms with Crippen molar-refractivity contribution in [1.82, 2.24) is 24.3 Å². The fourth-order valence-corrected chi connectivity index (χ4v) is 6.02. The number of hydrogen-bond donors (Lipinski definition) is 0. The molecule has 1 saturated carbocycles.